The molecule has 0 aliphatic carbocycles. The second-order valence-electron chi connectivity index (χ2n) is 4.45. The van der Waals surface area contributed by atoms with Gasteiger partial charge in [-0.3, -0.25) is 0 Å². The van der Waals surface area contributed by atoms with E-state index in [1.165, 1.54) is 0 Å². The van der Waals surface area contributed by atoms with Crippen molar-refractivity contribution in [1.29, 1.82) is 0 Å². The van der Waals surface area contributed by atoms with Gasteiger partial charge in [-0.1, -0.05) is 13.8 Å². The van der Waals surface area contributed by atoms with Crippen molar-refractivity contribution in [1.82, 2.24) is 4.90 Å². The van der Waals surface area contributed by atoms with Crippen LogP contribution in [0.4, 0.5) is 0 Å². The lowest BCUT2D eigenvalue weighted by atomic mass is 9.93. The first-order valence-electron chi connectivity index (χ1n) is 4.89. The Labute approximate surface area is 82.2 Å². The molecule has 13 heavy (non-hydrogen) atoms. The van der Waals surface area contributed by atoms with E-state index in [2.05, 4.69) is 25.8 Å². The number of nitrogens with zero attached hydrogens (tertiary/aromatic N) is 1. The highest BCUT2D eigenvalue weighted by atomic mass is 16.5. The molecule has 0 aromatic heterocycles. The Balaban J connectivity index is 3.55. The molecule has 0 aromatic carbocycles. The Hall–Kier alpha value is -0.120. The van der Waals surface area contributed by atoms with Crippen molar-refractivity contribution in [2.45, 2.75) is 20.3 Å². The first kappa shape index (κ1) is 12.9. The minimum atomic E-state index is 0.224. The monoisotopic (exact) mass is 188 g/mol. The van der Waals surface area contributed by atoms with Gasteiger partial charge in [0.25, 0.3) is 0 Å². The summed E-state index contributed by atoms with van der Waals surface area (Å²) in [5, 5.41) is 0. The molecular weight excluding hydrogens is 164 g/mol. The molecule has 2 N–H and O–H groups in total. The Morgan fingerprint density at radius 3 is 2.46 bits per heavy atom. The molecule has 0 aliphatic rings. The van der Waals surface area contributed by atoms with Gasteiger partial charge in [0.05, 0.1) is 0 Å². The minimum absolute atomic E-state index is 0.224. The van der Waals surface area contributed by atoms with Crippen LogP contribution in [-0.2, 0) is 4.74 Å². The lowest BCUT2D eigenvalue weighted by Gasteiger charge is -2.28. The van der Waals surface area contributed by atoms with E-state index < -0.39 is 0 Å². The van der Waals surface area contributed by atoms with Crippen LogP contribution in [0.1, 0.15) is 20.3 Å². The number of ether oxygens (including phenoxy) is 1. The van der Waals surface area contributed by atoms with Crippen LogP contribution in [0.5, 0.6) is 0 Å². The molecule has 0 spiro atoms. The van der Waals surface area contributed by atoms with Gasteiger partial charge in [0.1, 0.15) is 0 Å². The fourth-order valence-corrected chi connectivity index (χ4v) is 1.35. The molecule has 0 fully saturated rings. The zero-order valence-electron chi connectivity index (χ0n) is 9.47. The second-order valence-corrected chi connectivity index (χ2v) is 4.45. The third-order valence-corrected chi connectivity index (χ3v) is 2.14. The van der Waals surface area contributed by atoms with Crippen LogP contribution in [0.3, 0.4) is 0 Å². The highest BCUT2D eigenvalue weighted by Crippen LogP contribution is 2.13. The molecule has 0 heterocycles. The van der Waals surface area contributed by atoms with Crippen molar-refractivity contribution in [3.63, 3.8) is 0 Å². The summed E-state index contributed by atoms with van der Waals surface area (Å²) in [6.45, 7) is 8.10. The maximum atomic E-state index is 5.66. The molecule has 3 heteroatoms. The average Bonchev–Trinajstić information content (AvgIpc) is 2.04. The van der Waals surface area contributed by atoms with Crippen molar-refractivity contribution in [2.24, 2.45) is 11.1 Å². The van der Waals surface area contributed by atoms with Crippen LogP contribution >= 0.6 is 0 Å². The van der Waals surface area contributed by atoms with E-state index in [0.717, 1.165) is 32.7 Å². The summed E-state index contributed by atoms with van der Waals surface area (Å²) < 4.78 is 5.00. The number of rotatable bonds is 7. The topological polar surface area (TPSA) is 38.5 Å². The Bertz CT molecular complexity index is 126. The molecule has 0 aromatic rings. The zero-order chi connectivity index (χ0) is 10.3. The van der Waals surface area contributed by atoms with Crippen LogP contribution in [-0.4, -0.2) is 45.3 Å². The highest BCUT2D eigenvalue weighted by molar-refractivity contribution is 4.72. The molecule has 80 valence electrons. The standard InChI is InChI=1S/C10H24N2O/c1-10(2,8-11)9-12(3)6-5-7-13-4/h5-9,11H2,1-4H3. The quantitative estimate of drug-likeness (QED) is 0.604. The van der Waals surface area contributed by atoms with E-state index in [1.54, 1.807) is 7.11 Å². The summed E-state index contributed by atoms with van der Waals surface area (Å²) in [6, 6.07) is 0. The van der Waals surface area contributed by atoms with Gasteiger partial charge in [0.2, 0.25) is 0 Å². The molecule has 0 atom stereocenters. The predicted molar refractivity (Wildman–Crippen MR) is 56.8 cm³/mol. The van der Waals surface area contributed by atoms with Gasteiger partial charge < -0.3 is 15.4 Å². The van der Waals surface area contributed by atoms with Gasteiger partial charge in [0.15, 0.2) is 0 Å². The molecule has 0 amide bonds. The van der Waals surface area contributed by atoms with Gasteiger partial charge in [-0.15, -0.1) is 0 Å². The van der Waals surface area contributed by atoms with Gasteiger partial charge in [0, 0.05) is 26.8 Å². The Kier molecular flexibility index (Phi) is 6.29. The maximum absolute atomic E-state index is 5.66. The molecule has 0 rings (SSSR count). The molecule has 0 radical (unpaired) electrons. The number of hydrogen-bond acceptors (Lipinski definition) is 3. The summed E-state index contributed by atoms with van der Waals surface area (Å²) in [4.78, 5) is 2.31. The van der Waals surface area contributed by atoms with E-state index in [0.29, 0.717) is 0 Å². The van der Waals surface area contributed by atoms with E-state index >= 15 is 0 Å². The van der Waals surface area contributed by atoms with E-state index in [1.807, 2.05) is 0 Å². The normalized spacial score (nSPS) is 12.5. The van der Waals surface area contributed by atoms with Gasteiger partial charge >= 0.3 is 0 Å². The molecular formula is C10H24N2O. The molecule has 0 unspecified atom stereocenters. The summed E-state index contributed by atoms with van der Waals surface area (Å²) in [6.07, 6.45) is 1.09. The lowest BCUT2D eigenvalue weighted by Crippen LogP contribution is -2.37. The number of methoxy groups -OCH3 is 1. The fraction of sp³-hybridized carbons (Fsp3) is 1.00. The van der Waals surface area contributed by atoms with Crippen molar-refractivity contribution >= 4 is 0 Å². The van der Waals surface area contributed by atoms with Crippen molar-refractivity contribution in [2.75, 3.05) is 40.4 Å². The Morgan fingerprint density at radius 1 is 1.38 bits per heavy atom. The Morgan fingerprint density at radius 2 is 2.00 bits per heavy atom. The third kappa shape index (κ3) is 6.99. The summed E-state index contributed by atoms with van der Waals surface area (Å²) in [5.41, 5.74) is 5.88. The first-order chi connectivity index (χ1) is 6.02. The first-order valence-corrected chi connectivity index (χ1v) is 4.89. The van der Waals surface area contributed by atoms with Gasteiger partial charge in [-0.25, -0.2) is 0 Å². The summed E-state index contributed by atoms with van der Waals surface area (Å²) in [5.74, 6) is 0. The lowest BCUT2D eigenvalue weighted by molar-refractivity contribution is 0.162. The molecule has 0 saturated heterocycles. The smallest absolute Gasteiger partial charge is 0.0474 e. The SMILES string of the molecule is COCCCN(C)CC(C)(C)CN. The number of hydrogen-bond donors (Lipinski definition) is 1. The average molecular weight is 188 g/mol. The van der Waals surface area contributed by atoms with Crippen molar-refractivity contribution in [3.8, 4) is 0 Å². The van der Waals surface area contributed by atoms with Gasteiger partial charge in [-0.2, -0.15) is 0 Å². The van der Waals surface area contributed by atoms with Crippen LogP contribution in [0.15, 0.2) is 0 Å². The fourth-order valence-electron chi connectivity index (χ4n) is 1.35. The van der Waals surface area contributed by atoms with E-state index in [4.69, 9.17) is 10.5 Å². The molecule has 0 saturated carbocycles. The third-order valence-electron chi connectivity index (χ3n) is 2.14. The molecule has 0 aliphatic heterocycles. The molecule has 0 bridgehead atoms. The largest absolute Gasteiger partial charge is 0.385 e. The van der Waals surface area contributed by atoms with Crippen molar-refractivity contribution < 1.29 is 4.74 Å². The van der Waals surface area contributed by atoms with Crippen LogP contribution in [0.25, 0.3) is 0 Å². The zero-order valence-corrected chi connectivity index (χ0v) is 9.47. The van der Waals surface area contributed by atoms with Crippen LogP contribution < -0.4 is 5.73 Å². The van der Waals surface area contributed by atoms with E-state index in [-0.39, 0.29) is 5.41 Å². The minimum Gasteiger partial charge on any atom is -0.385 e. The van der Waals surface area contributed by atoms with Crippen molar-refractivity contribution in [3.05, 3.63) is 0 Å². The highest BCUT2D eigenvalue weighted by Gasteiger charge is 2.17. The second kappa shape index (κ2) is 6.35. The summed E-state index contributed by atoms with van der Waals surface area (Å²) >= 11 is 0. The summed E-state index contributed by atoms with van der Waals surface area (Å²) in [7, 11) is 3.87. The van der Waals surface area contributed by atoms with E-state index in [9.17, 15) is 0 Å². The molecule has 3 nitrogen and oxygen atoms in total. The van der Waals surface area contributed by atoms with Crippen LogP contribution in [0.2, 0.25) is 0 Å². The predicted octanol–water partition coefficient (Wildman–Crippen LogP) is 0.940. The van der Waals surface area contributed by atoms with Gasteiger partial charge in [-0.05, 0) is 25.4 Å². The van der Waals surface area contributed by atoms with Crippen LogP contribution in [0, 0.1) is 5.41 Å². The maximum Gasteiger partial charge on any atom is 0.0474 e. The number of nitrogens with two attached hydrogens (primary N) is 1.